The van der Waals surface area contributed by atoms with Crippen LogP contribution in [0.5, 0.6) is 0 Å². The van der Waals surface area contributed by atoms with Crippen molar-refractivity contribution in [1.29, 1.82) is 0 Å². The number of nitrogens with zero attached hydrogens (tertiary/aromatic N) is 1. The maximum atomic E-state index is 5.91. The first kappa shape index (κ1) is 11.8. The van der Waals surface area contributed by atoms with E-state index in [1.807, 2.05) is 0 Å². The SMILES string of the molecule is NCC1(c2csc(-c3ccc(Br)s3)n2)CCC1. The predicted octanol–water partition coefficient (Wildman–Crippen LogP) is 4.01. The minimum Gasteiger partial charge on any atom is -0.330 e. The van der Waals surface area contributed by atoms with Gasteiger partial charge in [-0.2, -0.15) is 0 Å². The van der Waals surface area contributed by atoms with Gasteiger partial charge in [0.2, 0.25) is 0 Å². The second-order valence-electron chi connectivity index (χ2n) is 4.48. The number of hydrogen-bond donors (Lipinski definition) is 1. The molecule has 0 saturated heterocycles. The van der Waals surface area contributed by atoms with Crippen LogP contribution < -0.4 is 5.73 Å². The van der Waals surface area contributed by atoms with Crippen LogP contribution in [0.4, 0.5) is 0 Å². The van der Waals surface area contributed by atoms with Gasteiger partial charge >= 0.3 is 0 Å². The van der Waals surface area contributed by atoms with Gasteiger partial charge in [0, 0.05) is 17.3 Å². The van der Waals surface area contributed by atoms with Crippen molar-refractivity contribution in [3.8, 4) is 9.88 Å². The molecule has 2 aromatic heterocycles. The Morgan fingerprint density at radius 1 is 1.41 bits per heavy atom. The van der Waals surface area contributed by atoms with E-state index in [1.54, 1.807) is 22.7 Å². The zero-order valence-corrected chi connectivity index (χ0v) is 12.5. The largest absolute Gasteiger partial charge is 0.330 e. The minimum atomic E-state index is 0.184. The first-order valence-electron chi connectivity index (χ1n) is 5.65. The Bertz CT molecular complexity index is 523. The fourth-order valence-electron chi connectivity index (χ4n) is 2.23. The summed E-state index contributed by atoms with van der Waals surface area (Å²) in [6, 6.07) is 4.19. The average molecular weight is 329 g/mol. The number of rotatable bonds is 3. The second-order valence-corrected chi connectivity index (χ2v) is 7.80. The zero-order valence-electron chi connectivity index (χ0n) is 9.28. The molecule has 0 radical (unpaired) electrons. The van der Waals surface area contributed by atoms with Crippen molar-refractivity contribution in [3.05, 3.63) is 27.0 Å². The lowest BCUT2D eigenvalue weighted by Crippen LogP contribution is -2.41. The van der Waals surface area contributed by atoms with Gasteiger partial charge < -0.3 is 5.73 Å². The fraction of sp³-hybridized carbons (Fsp3) is 0.417. The maximum absolute atomic E-state index is 5.91. The van der Waals surface area contributed by atoms with Crippen LogP contribution in [-0.4, -0.2) is 11.5 Å². The third kappa shape index (κ3) is 1.99. The van der Waals surface area contributed by atoms with Crippen LogP contribution in [0.15, 0.2) is 21.3 Å². The zero-order chi connectivity index (χ0) is 11.9. The summed E-state index contributed by atoms with van der Waals surface area (Å²) in [7, 11) is 0. The molecular formula is C12H13BrN2S2. The van der Waals surface area contributed by atoms with Gasteiger partial charge in [-0.1, -0.05) is 6.42 Å². The number of thiophene rings is 1. The van der Waals surface area contributed by atoms with Crippen molar-refractivity contribution in [2.75, 3.05) is 6.54 Å². The molecule has 0 atom stereocenters. The van der Waals surface area contributed by atoms with Gasteiger partial charge in [0.1, 0.15) is 5.01 Å². The molecule has 0 amide bonds. The van der Waals surface area contributed by atoms with E-state index in [2.05, 4.69) is 33.4 Å². The monoisotopic (exact) mass is 328 g/mol. The van der Waals surface area contributed by atoms with Crippen molar-refractivity contribution in [1.82, 2.24) is 4.98 Å². The van der Waals surface area contributed by atoms with Crippen molar-refractivity contribution in [2.24, 2.45) is 5.73 Å². The summed E-state index contributed by atoms with van der Waals surface area (Å²) in [5, 5.41) is 3.31. The molecule has 2 heterocycles. The normalized spacial score (nSPS) is 18.0. The molecule has 2 N–H and O–H groups in total. The molecule has 0 unspecified atom stereocenters. The van der Waals surface area contributed by atoms with Crippen molar-refractivity contribution in [2.45, 2.75) is 24.7 Å². The van der Waals surface area contributed by atoms with E-state index in [1.165, 1.54) is 29.8 Å². The minimum absolute atomic E-state index is 0.184. The molecule has 1 saturated carbocycles. The highest BCUT2D eigenvalue weighted by molar-refractivity contribution is 9.11. The van der Waals surface area contributed by atoms with Crippen molar-refractivity contribution >= 4 is 38.6 Å². The van der Waals surface area contributed by atoms with E-state index in [0.29, 0.717) is 0 Å². The summed E-state index contributed by atoms with van der Waals surface area (Å²) in [5.74, 6) is 0. The van der Waals surface area contributed by atoms with Crippen LogP contribution in [0.1, 0.15) is 25.0 Å². The van der Waals surface area contributed by atoms with Crippen LogP contribution in [0.3, 0.4) is 0 Å². The Morgan fingerprint density at radius 2 is 2.24 bits per heavy atom. The fourth-order valence-corrected chi connectivity index (χ4v) is 4.63. The van der Waals surface area contributed by atoms with E-state index < -0.39 is 0 Å². The number of hydrogen-bond acceptors (Lipinski definition) is 4. The molecule has 0 spiro atoms. The standard InChI is InChI=1S/C12H13BrN2S2/c13-10-3-2-8(17-10)11-15-9(6-16-11)12(7-14)4-1-5-12/h2-3,6H,1,4-5,7,14H2. The molecule has 0 aliphatic heterocycles. The Morgan fingerprint density at radius 3 is 2.76 bits per heavy atom. The van der Waals surface area contributed by atoms with E-state index in [9.17, 15) is 0 Å². The predicted molar refractivity (Wildman–Crippen MR) is 77.7 cm³/mol. The Hall–Kier alpha value is -0.230. The third-order valence-corrected chi connectivity index (χ3v) is 6.17. The molecule has 0 aromatic carbocycles. The highest BCUT2D eigenvalue weighted by atomic mass is 79.9. The van der Waals surface area contributed by atoms with Gasteiger partial charge in [0.15, 0.2) is 0 Å². The van der Waals surface area contributed by atoms with Gasteiger partial charge in [-0.15, -0.1) is 22.7 Å². The van der Waals surface area contributed by atoms with Crippen molar-refractivity contribution < 1.29 is 0 Å². The molecule has 1 aliphatic carbocycles. The molecule has 5 heteroatoms. The lowest BCUT2D eigenvalue weighted by atomic mass is 9.67. The highest BCUT2D eigenvalue weighted by Gasteiger charge is 2.39. The van der Waals surface area contributed by atoms with Gasteiger partial charge in [-0.05, 0) is 40.9 Å². The van der Waals surface area contributed by atoms with Crippen LogP contribution in [0, 0.1) is 0 Å². The number of nitrogens with two attached hydrogens (primary N) is 1. The van der Waals surface area contributed by atoms with E-state index in [0.717, 1.165) is 15.3 Å². The molecule has 1 aliphatic rings. The van der Waals surface area contributed by atoms with Gasteiger partial charge in [-0.3, -0.25) is 0 Å². The highest BCUT2D eigenvalue weighted by Crippen LogP contribution is 2.44. The van der Waals surface area contributed by atoms with Crippen LogP contribution in [0.2, 0.25) is 0 Å². The smallest absolute Gasteiger partial charge is 0.133 e. The number of aromatic nitrogens is 1. The van der Waals surface area contributed by atoms with Crippen LogP contribution >= 0.6 is 38.6 Å². The molecular weight excluding hydrogens is 316 g/mol. The summed E-state index contributed by atoms with van der Waals surface area (Å²) in [6.07, 6.45) is 3.68. The lowest BCUT2D eigenvalue weighted by Gasteiger charge is -2.39. The van der Waals surface area contributed by atoms with Crippen molar-refractivity contribution in [3.63, 3.8) is 0 Å². The summed E-state index contributed by atoms with van der Waals surface area (Å²) < 4.78 is 1.15. The third-order valence-electron chi connectivity index (χ3n) is 3.53. The summed E-state index contributed by atoms with van der Waals surface area (Å²) in [6.45, 7) is 0.726. The summed E-state index contributed by atoms with van der Waals surface area (Å²) in [4.78, 5) is 6.02. The molecule has 2 aromatic rings. The molecule has 17 heavy (non-hydrogen) atoms. The van der Waals surface area contributed by atoms with Gasteiger partial charge in [0.05, 0.1) is 14.4 Å². The van der Waals surface area contributed by atoms with E-state index in [-0.39, 0.29) is 5.41 Å². The van der Waals surface area contributed by atoms with Crippen LogP contribution in [0.25, 0.3) is 9.88 Å². The van der Waals surface area contributed by atoms with E-state index in [4.69, 9.17) is 10.7 Å². The Kier molecular flexibility index (Phi) is 3.11. The summed E-state index contributed by atoms with van der Waals surface area (Å²) in [5.41, 5.74) is 7.30. The Labute approximate surface area is 117 Å². The first-order chi connectivity index (χ1) is 8.23. The average Bonchev–Trinajstić information content (AvgIpc) is 2.86. The number of thiazole rings is 1. The first-order valence-corrected chi connectivity index (χ1v) is 8.14. The second kappa shape index (κ2) is 4.46. The molecule has 90 valence electrons. The summed E-state index contributed by atoms with van der Waals surface area (Å²) >= 11 is 6.95. The molecule has 3 rings (SSSR count). The van der Waals surface area contributed by atoms with Gasteiger partial charge in [0.25, 0.3) is 0 Å². The quantitative estimate of drug-likeness (QED) is 0.924. The van der Waals surface area contributed by atoms with Crippen LogP contribution in [-0.2, 0) is 5.41 Å². The maximum Gasteiger partial charge on any atom is 0.133 e. The van der Waals surface area contributed by atoms with E-state index >= 15 is 0 Å². The molecule has 2 nitrogen and oxygen atoms in total. The molecule has 1 fully saturated rings. The lowest BCUT2D eigenvalue weighted by molar-refractivity contribution is 0.247. The molecule has 0 bridgehead atoms. The Balaban J connectivity index is 1.92. The topological polar surface area (TPSA) is 38.9 Å². The number of halogens is 1. The van der Waals surface area contributed by atoms with Gasteiger partial charge in [-0.25, -0.2) is 4.98 Å².